The molecule has 5 fully saturated rings. The molecule has 56 heavy (non-hydrogen) atoms. The van der Waals surface area contributed by atoms with Gasteiger partial charge in [-0.3, -0.25) is 34.2 Å². The molecule has 0 radical (unpaired) electrons. The average Bonchev–Trinajstić information content (AvgIpc) is 3.46. The zero-order valence-electron chi connectivity index (χ0n) is 33.1. The van der Waals surface area contributed by atoms with Crippen molar-refractivity contribution >= 4 is 29.0 Å². The first kappa shape index (κ1) is 39.3. The highest BCUT2D eigenvalue weighted by atomic mass is 16.5. The standard InChI is InChI=1S/C44H57N3O9/c1-22-25-7-6-8-31(48)33(25)37(50)34-27(22)20-30-36(47(4)5)38(51)35(40(53)44(30,55)39(34)52)41(54)46-21-45-17-18-56-24-13-15-42(2)23(19-24)9-10-26-28-11-12-32(49)43(28,3)16-14-29(26)42/h6-8,13,15,19,22,24,26-30,32,34-36,45,48-49,55H,9-12,14,16-18,20-21H2,1-5H3,(H,46,54). The lowest BCUT2D eigenvalue weighted by Crippen LogP contribution is -2.74. The number of carbonyl (C=O) groups excluding carboxylic acids is 5. The number of hydrogen-bond donors (Lipinski definition) is 5. The molecule has 5 saturated carbocycles. The number of benzene rings is 1. The van der Waals surface area contributed by atoms with Crippen LogP contribution in [0.15, 0.2) is 42.0 Å². The van der Waals surface area contributed by atoms with Gasteiger partial charge in [-0.2, -0.15) is 0 Å². The van der Waals surface area contributed by atoms with E-state index >= 15 is 0 Å². The molecule has 1 aromatic carbocycles. The number of allylic oxidation sites excluding steroid dienone is 2. The lowest BCUT2D eigenvalue weighted by molar-refractivity contribution is -0.182. The molecule has 302 valence electrons. The molecule has 0 heterocycles. The smallest absolute Gasteiger partial charge is 0.239 e. The first-order valence-electron chi connectivity index (χ1n) is 20.6. The molecule has 12 heteroatoms. The first-order valence-corrected chi connectivity index (χ1v) is 20.6. The molecule has 1 amide bonds. The number of carbonyl (C=O) groups is 5. The number of Topliss-reactive ketones (excluding diaryl/α,β-unsaturated/α-hetero) is 4. The summed E-state index contributed by atoms with van der Waals surface area (Å²) in [4.78, 5) is 71.1. The number of hydrogen-bond acceptors (Lipinski definition) is 11. The van der Waals surface area contributed by atoms with Crippen molar-refractivity contribution in [2.24, 2.45) is 52.3 Å². The molecule has 8 rings (SSSR count). The molecule has 14 unspecified atom stereocenters. The van der Waals surface area contributed by atoms with Gasteiger partial charge in [0, 0.05) is 17.9 Å². The van der Waals surface area contributed by atoms with Crippen LogP contribution in [0.2, 0.25) is 0 Å². The maximum Gasteiger partial charge on any atom is 0.239 e. The van der Waals surface area contributed by atoms with Gasteiger partial charge in [0.25, 0.3) is 0 Å². The molecule has 1 aromatic rings. The number of rotatable bonds is 8. The topological polar surface area (TPSA) is 183 Å². The third-order valence-corrected chi connectivity index (χ3v) is 15.9. The molecule has 12 nitrogen and oxygen atoms in total. The summed E-state index contributed by atoms with van der Waals surface area (Å²) in [5.41, 5.74) is -0.690. The Labute approximate surface area is 328 Å². The van der Waals surface area contributed by atoms with Crippen LogP contribution in [0.1, 0.15) is 87.6 Å². The van der Waals surface area contributed by atoms with E-state index in [9.17, 15) is 39.3 Å². The van der Waals surface area contributed by atoms with E-state index in [2.05, 4.69) is 42.7 Å². The Kier molecular flexibility index (Phi) is 9.87. The Balaban J connectivity index is 0.877. The van der Waals surface area contributed by atoms with Gasteiger partial charge in [0.2, 0.25) is 5.91 Å². The second-order valence-corrected chi connectivity index (χ2v) is 18.6. The normalized spacial score (nSPS) is 42.6. The number of nitrogens with zero attached hydrogens (tertiary/aromatic N) is 1. The lowest BCUT2D eigenvalue weighted by atomic mass is 9.48. The van der Waals surface area contributed by atoms with Crippen molar-refractivity contribution in [3.8, 4) is 5.75 Å². The van der Waals surface area contributed by atoms with E-state index in [1.807, 2.05) is 6.92 Å². The Morgan fingerprint density at radius 2 is 1.77 bits per heavy atom. The second-order valence-electron chi connectivity index (χ2n) is 18.6. The maximum atomic E-state index is 14.3. The van der Waals surface area contributed by atoms with Gasteiger partial charge >= 0.3 is 0 Å². The van der Waals surface area contributed by atoms with Crippen LogP contribution in [0.4, 0.5) is 0 Å². The third-order valence-electron chi connectivity index (χ3n) is 15.9. The summed E-state index contributed by atoms with van der Waals surface area (Å²) >= 11 is 0. The number of aromatic hydroxyl groups is 1. The quantitative estimate of drug-likeness (QED) is 0.113. The maximum absolute atomic E-state index is 14.3. The summed E-state index contributed by atoms with van der Waals surface area (Å²) in [7, 11) is 3.20. The number of ketones is 4. The Hall–Kier alpha value is -3.55. The van der Waals surface area contributed by atoms with E-state index in [0.29, 0.717) is 36.5 Å². The fraction of sp³-hybridized carbons (Fsp3) is 0.659. The van der Waals surface area contributed by atoms with Gasteiger partial charge in [0.1, 0.15) is 5.75 Å². The van der Waals surface area contributed by atoms with Gasteiger partial charge in [-0.1, -0.05) is 56.7 Å². The van der Waals surface area contributed by atoms with Crippen molar-refractivity contribution in [3.63, 3.8) is 0 Å². The van der Waals surface area contributed by atoms with Gasteiger partial charge < -0.3 is 25.4 Å². The zero-order chi connectivity index (χ0) is 40.1. The molecule has 5 N–H and O–H groups in total. The minimum atomic E-state index is -2.74. The van der Waals surface area contributed by atoms with E-state index in [0.717, 1.165) is 38.5 Å². The number of ether oxygens (including phenoxy) is 1. The fourth-order valence-corrected chi connectivity index (χ4v) is 12.8. The number of aliphatic hydroxyl groups excluding tert-OH is 1. The van der Waals surface area contributed by atoms with E-state index in [1.165, 1.54) is 16.5 Å². The summed E-state index contributed by atoms with van der Waals surface area (Å²) in [6, 6.07) is 3.58. The van der Waals surface area contributed by atoms with E-state index < -0.39 is 64.4 Å². The number of phenolic OH excluding ortho intramolecular Hbond substituents is 1. The second kappa shape index (κ2) is 14.1. The molecule has 0 saturated heterocycles. The van der Waals surface area contributed by atoms with Gasteiger partial charge in [0.15, 0.2) is 34.7 Å². The number of aliphatic hydroxyl groups is 2. The molecule has 0 aromatic heterocycles. The Morgan fingerprint density at radius 1 is 1.00 bits per heavy atom. The molecule has 0 spiro atoms. The SMILES string of the molecule is CC1c2cccc(O)c2C(=O)C2C(=O)C3(O)C(=O)C(C(=O)NCNCCOC4C=CC5(C)C(=C4)CCC4C5CCC5(C)C(O)CCC45)C(=O)C(N(C)C)C3CC21. The van der Waals surface area contributed by atoms with Crippen molar-refractivity contribution in [3.05, 3.63) is 53.1 Å². The first-order chi connectivity index (χ1) is 26.6. The van der Waals surface area contributed by atoms with Crippen molar-refractivity contribution in [2.75, 3.05) is 33.9 Å². The number of phenols is 1. The van der Waals surface area contributed by atoms with Crippen LogP contribution in [0, 0.1) is 52.3 Å². The predicted molar refractivity (Wildman–Crippen MR) is 205 cm³/mol. The molecule has 7 aliphatic carbocycles. The van der Waals surface area contributed by atoms with Crippen LogP contribution >= 0.6 is 0 Å². The largest absolute Gasteiger partial charge is 0.507 e. The van der Waals surface area contributed by atoms with Crippen molar-refractivity contribution < 1.29 is 44.0 Å². The number of likely N-dealkylation sites (N-methyl/N-ethyl adjacent to an activating group) is 1. The summed E-state index contributed by atoms with van der Waals surface area (Å²) in [5.74, 6) is -8.51. The highest BCUT2D eigenvalue weighted by Gasteiger charge is 2.70. The van der Waals surface area contributed by atoms with Crippen LogP contribution in [0.5, 0.6) is 5.75 Å². The Bertz CT molecular complexity index is 1910. The van der Waals surface area contributed by atoms with Crippen molar-refractivity contribution in [1.29, 1.82) is 0 Å². The minimum Gasteiger partial charge on any atom is -0.507 e. The minimum absolute atomic E-state index is 0.00393. The molecule has 0 bridgehead atoms. The van der Waals surface area contributed by atoms with Crippen LogP contribution < -0.4 is 10.6 Å². The highest BCUT2D eigenvalue weighted by molar-refractivity contribution is 6.32. The van der Waals surface area contributed by atoms with E-state index in [4.69, 9.17) is 4.74 Å². The number of amides is 1. The summed E-state index contributed by atoms with van der Waals surface area (Å²) in [6.45, 7) is 7.12. The lowest BCUT2D eigenvalue weighted by Gasteiger charge is -2.56. The van der Waals surface area contributed by atoms with Gasteiger partial charge in [-0.15, -0.1) is 0 Å². The third kappa shape index (κ3) is 5.67. The van der Waals surface area contributed by atoms with Crippen molar-refractivity contribution in [2.45, 2.75) is 95.5 Å². The van der Waals surface area contributed by atoms with Crippen LogP contribution in [0.3, 0.4) is 0 Å². The monoisotopic (exact) mass is 771 g/mol. The number of nitrogens with one attached hydrogen (secondary N) is 2. The zero-order valence-corrected chi connectivity index (χ0v) is 33.1. The molecule has 0 aliphatic heterocycles. The van der Waals surface area contributed by atoms with Crippen molar-refractivity contribution in [1.82, 2.24) is 15.5 Å². The van der Waals surface area contributed by atoms with Crippen LogP contribution in [0.25, 0.3) is 0 Å². The van der Waals surface area contributed by atoms with E-state index in [1.54, 1.807) is 26.2 Å². The molecular formula is C44H57N3O9. The van der Waals surface area contributed by atoms with Gasteiger partial charge in [-0.25, -0.2) is 0 Å². The molecule has 7 aliphatic rings. The molecule has 14 atom stereocenters. The van der Waals surface area contributed by atoms with Crippen LogP contribution in [-0.2, 0) is 23.9 Å². The number of fused-ring (bicyclic) bond motifs is 8. The van der Waals surface area contributed by atoms with Gasteiger partial charge in [-0.05, 0) is 106 Å². The highest BCUT2D eigenvalue weighted by Crippen LogP contribution is 2.64. The Morgan fingerprint density at radius 3 is 2.52 bits per heavy atom. The summed E-state index contributed by atoms with van der Waals surface area (Å²) in [6.07, 6.45) is 12.8. The fourth-order valence-electron chi connectivity index (χ4n) is 12.8. The van der Waals surface area contributed by atoms with Gasteiger partial charge in [0.05, 0.1) is 43.0 Å². The summed E-state index contributed by atoms with van der Waals surface area (Å²) < 4.78 is 6.18. The molecular weight excluding hydrogens is 714 g/mol. The van der Waals surface area contributed by atoms with Crippen LogP contribution in [-0.4, -0.2) is 107 Å². The predicted octanol–water partition coefficient (Wildman–Crippen LogP) is 3.09. The summed E-state index contributed by atoms with van der Waals surface area (Å²) in [5, 5.41) is 39.1. The van der Waals surface area contributed by atoms with E-state index in [-0.39, 0.29) is 53.4 Å². The average molecular weight is 772 g/mol.